The Hall–Kier alpha value is -3.37. The maximum Gasteiger partial charge on any atom is 0.149 e. The Morgan fingerprint density at radius 2 is 1.58 bits per heavy atom. The molecule has 4 heteroatoms. The van der Waals surface area contributed by atoms with Gasteiger partial charge in [-0.3, -0.25) is 4.57 Å². The highest BCUT2D eigenvalue weighted by molar-refractivity contribution is 9.10. The number of benzene rings is 4. The van der Waals surface area contributed by atoms with E-state index in [-0.39, 0.29) is 22.5 Å². The van der Waals surface area contributed by atoms with Gasteiger partial charge in [0.2, 0.25) is 0 Å². The van der Waals surface area contributed by atoms with Gasteiger partial charge in [-0.15, -0.1) is 0 Å². The van der Waals surface area contributed by atoms with Crippen molar-refractivity contribution in [2.45, 2.75) is 84.4 Å². The molecule has 6 rings (SSSR count). The minimum atomic E-state index is -1.43. The van der Waals surface area contributed by atoms with Crippen molar-refractivity contribution < 1.29 is 7.85 Å². The first kappa shape index (κ1) is 27.2. The van der Waals surface area contributed by atoms with E-state index >= 15 is 0 Å². The average Bonchev–Trinajstić information content (AvgIpc) is 3.66. The standard InChI is InChI=1S/C39H43BrN2O/c1-38(2,3)28-23-30(36(43)31(24-28)39(4,5)6)37-41-35-32(40)17-12-18-34(35)42(37)33-20-19-26(21-25-13-10-11-14-25)22-29(33)27-15-8-7-9-16-27/h7-9,12,15-20,22-25,43H,10-11,13-14,21H2,1-6H3/i21D2. The maximum atomic E-state index is 12.0. The third kappa shape index (κ3) is 5.79. The number of hydrogen-bond donors (Lipinski definition) is 1. The zero-order chi connectivity index (χ0) is 32.3. The highest BCUT2D eigenvalue weighted by atomic mass is 79.9. The lowest BCUT2D eigenvalue weighted by molar-refractivity contribution is 0.446. The zero-order valence-electron chi connectivity index (χ0n) is 28.1. The van der Waals surface area contributed by atoms with E-state index < -0.39 is 6.37 Å². The van der Waals surface area contributed by atoms with Gasteiger partial charge in [0.25, 0.3) is 0 Å². The number of nitrogens with zero attached hydrogens (tertiary/aromatic N) is 2. The molecule has 1 fully saturated rings. The summed E-state index contributed by atoms with van der Waals surface area (Å²) in [4.78, 5) is 5.22. The molecular formula is C39H43BrN2O. The first-order valence-electron chi connectivity index (χ1n) is 16.4. The second kappa shape index (κ2) is 11.3. The van der Waals surface area contributed by atoms with E-state index in [1.54, 1.807) is 0 Å². The van der Waals surface area contributed by atoms with Crippen molar-refractivity contribution in [3.63, 3.8) is 0 Å². The molecule has 0 aliphatic heterocycles. The SMILES string of the molecule is [2H]C([2H])(c1ccc(-n2c(-c3cc(C(C)(C)C)cc(C(C)(C)C)c3O)nc3c(Br)cccc32)c(-c2ccccc2)c1)C1CCCC1. The van der Waals surface area contributed by atoms with Crippen LogP contribution in [0.4, 0.5) is 0 Å². The van der Waals surface area contributed by atoms with E-state index in [0.717, 1.165) is 69.1 Å². The zero-order valence-corrected chi connectivity index (χ0v) is 27.7. The molecule has 4 aromatic carbocycles. The summed E-state index contributed by atoms with van der Waals surface area (Å²) in [5.41, 5.74) is 7.48. The number of phenols is 1. The lowest BCUT2D eigenvalue weighted by Crippen LogP contribution is -2.17. The molecule has 1 aromatic heterocycles. The monoisotopic (exact) mass is 636 g/mol. The first-order valence-corrected chi connectivity index (χ1v) is 16.2. The van der Waals surface area contributed by atoms with Gasteiger partial charge in [0.15, 0.2) is 0 Å². The molecule has 0 radical (unpaired) electrons. The third-order valence-electron chi connectivity index (χ3n) is 8.71. The summed E-state index contributed by atoms with van der Waals surface area (Å²) in [6.45, 7) is 13.0. The molecule has 0 bridgehead atoms. The largest absolute Gasteiger partial charge is 0.507 e. The summed E-state index contributed by atoms with van der Waals surface area (Å²) < 4.78 is 21.4. The average molecular weight is 638 g/mol. The van der Waals surface area contributed by atoms with Gasteiger partial charge in [-0.1, -0.05) is 116 Å². The number of phenolic OH excluding ortho intramolecular Hbond substituents is 1. The lowest BCUT2D eigenvalue weighted by atomic mass is 9.79. The molecule has 0 saturated heterocycles. The van der Waals surface area contributed by atoms with Crippen LogP contribution in [0.1, 0.15) is 86.7 Å². The number of hydrogen-bond acceptors (Lipinski definition) is 2. The second-order valence-corrected chi connectivity index (χ2v) is 14.9. The number of rotatable bonds is 5. The Labute approximate surface area is 267 Å². The molecule has 1 aliphatic carbocycles. The van der Waals surface area contributed by atoms with Crippen LogP contribution in [-0.2, 0) is 17.2 Å². The van der Waals surface area contributed by atoms with Crippen molar-refractivity contribution >= 4 is 27.0 Å². The van der Waals surface area contributed by atoms with E-state index in [0.29, 0.717) is 17.0 Å². The van der Waals surface area contributed by atoms with Crippen LogP contribution in [0.2, 0.25) is 0 Å². The number of aromatic hydroxyl groups is 1. The van der Waals surface area contributed by atoms with Crippen LogP contribution in [0.15, 0.2) is 83.3 Å². The number of para-hydroxylation sites is 1. The Kier molecular flexibility index (Phi) is 7.14. The smallest absolute Gasteiger partial charge is 0.149 e. The van der Waals surface area contributed by atoms with Crippen molar-refractivity contribution in [1.29, 1.82) is 0 Å². The van der Waals surface area contributed by atoms with Crippen LogP contribution in [0.25, 0.3) is 39.2 Å². The fraction of sp³-hybridized carbons (Fsp3) is 0.359. The maximum absolute atomic E-state index is 12.0. The van der Waals surface area contributed by atoms with Gasteiger partial charge < -0.3 is 5.11 Å². The summed E-state index contributed by atoms with van der Waals surface area (Å²) >= 11 is 3.75. The second-order valence-electron chi connectivity index (χ2n) is 14.0. The van der Waals surface area contributed by atoms with Crippen molar-refractivity contribution in [3.8, 4) is 34.0 Å². The molecule has 1 aliphatic rings. The van der Waals surface area contributed by atoms with E-state index in [1.165, 1.54) is 0 Å². The van der Waals surface area contributed by atoms with Crippen LogP contribution < -0.4 is 0 Å². The van der Waals surface area contributed by atoms with Gasteiger partial charge in [0.1, 0.15) is 17.1 Å². The van der Waals surface area contributed by atoms with Crippen molar-refractivity contribution in [2.75, 3.05) is 0 Å². The topological polar surface area (TPSA) is 38.0 Å². The van der Waals surface area contributed by atoms with Gasteiger partial charge in [-0.05, 0) is 86.1 Å². The molecule has 1 heterocycles. The van der Waals surface area contributed by atoms with Crippen molar-refractivity contribution in [1.82, 2.24) is 9.55 Å². The van der Waals surface area contributed by atoms with Crippen LogP contribution in [0.3, 0.4) is 0 Å². The van der Waals surface area contributed by atoms with E-state index in [1.807, 2.05) is 48.5 Å². The highest BCUT2D eigenvalue weighted by Gasteiger charge is 2.29. The fourth-order valence-corrected chi connectivity index (χ4v) is 6.72. The Balaban J connectivity index is 1.69. The quantitative estimate of drug-likeness (QED) is 0.208. The van der Waals surface area contributed by atoms with Gasteiger partial charge in [0.05, 0.1) is 16.8 Å². The number of aromatic nitrogens is 2. The van der Waals surface area contributed by atoms with Crippen LogP contribution in [0.5, 0.6) is 5.75 Å². The summed E-state index contributed by atoms with van der Waals surface area (Å²) in [5.74, 6) is 0.897. The minimum absolute atomic E-state index is 0.0143. The van der Waals surface area contributed by atoms with E-state index in [4.69, 9.17) is 4.98 Å². The predicted molar refractivity (Wildman–Crippen MR) is 184 cm³/mol. The van der Waals surface area contributed by atoms with E-state index in [2.05, 4.69) is 92.4 Å². The van der Waals surface area contributed by atoms with Crippen LogP contribution >= 0.6 is 15.9 Å². The predicted octanol–water partition coefficient (Wildman–Crippen LogP) is 11.2. The number of halogens is 1. The molecule has 5 aromatic rings. The molecular weight excluding hydrogens is 592 g/mol. The number of fused-ring (bicyclic) bond motifs is 1. The van der Waals surface area contributed by atoms with Crippen molar-refractivity contribution in [3.05, 3.63) is 100 Å². The third-order valence-corrected chi connectivity index (χ3v) is 9.35. The molecule has 222 valence electrons. The van der Waals surface area contributed by atoms with E-state index in [9.17, 15) is 7.85 Å². The molecule has 0 amide bonds. The molecule has 43 heavy (non-hydrogen) atoms. The normalized spacial score (nSPS) is 15.6. The van der Waals surface area contributed by atoms with Crippen LogP contribution in [-0.4, -0.2) is 14.7 Å². The molecule has 1 saturated carbocycles. The summed E-state index contributed by atoms with van der Waals surface area (Å²) in [7, 11) is 0. The lowest BCUT2D eigenvalue weighted by Gasteiger charge is -2.27. The van der Waals surface area contributed by atoms with Crippen molar-refractivity contribution in [2.24, 2.45) is 5.92 Å². The number of imidazole rings is 1. The molecule has 0 spiro atoms. The van der Waals surface area contributed by atoms with Crippen LogP contribution in [0, 0.1) is 5.92 Å². The molecule has 0 atom stereocenters. The highest BCUT2D eigenvalue weighted by Crippen LogP contribution is 2.45. The minimum Gasteiger partial charge on any atom is -0.507 e. The molecule has 3 nitrogen and oxygen atoms in total. The van der Waals surface area contributed by atoms with Gasteiger partial charge in [0, 0.05) is 18.3 Å². The molecule has 1 N–H and O–H groups in total. The first-order chi connectivity index (χ1) is 21.2. The van der Waals surface area contributed by atoms with Gasteiger partial charge >= 0.3 is 0 Å². The summed E-state index contributed by atoms with van der Waals surface area (Å²) in [6, 6.07) is 26.6. The summed E-state index contributed by atoms with van der Waals surface area (Å²) in [5, 5.41) is 12.0. The fourth-order valence-electron chi connectivity index (χ4n) is 6.27. The van der Waals surface area contributed by atoms with Gasteiger partial charge in [-0.25, -0.2) is 4.98 Å². The Bertz CT molecular complexity index is 1870. The molecule has 0 unspecified atom stereocenters. The Morgan fingerprint density at radius 3 is 2.26 bits per heavy atom. The van der Waals surface area contributed by atoms with Gasteiger partial charge in [-0.2, -0.15) is 0 Å². The Morgan fingerprint density at radius 1 is 0.860 bits per heavy atom. The summed E-state index contributed by atoms with van der Waals surface area (Å²) in [6.07, 6.45) is 2.57.